The number of para-hydroxylation sites is 3. The maximum Gasteiger partial charge on any atom is 0.373 e. The fourth-order valence-electron chi connectivity index (χ4n) is 4.32. The minimum atomic E-state index is -0.409. The molecule has 6 aromatic rings. The molecule has 2 aromatic heterocycles. The summed E-state index contributed by atoms with van der Waals surface area (Å²) in [5, 5.41) is 3.06. The van der Waals surface area contributed by atoms with E-state index in [1.54, 1.807) is 30.3 Å². The van der Waals surface area contributed by atoms with Gasteiger partial charge in [-0.1, -0.05) is 48.5 Å². The zero-order valence-electron chi connectivity index (χ0n) is 16.3. The maximum absolute atomic E-state index is 15.3. The summed E-state index contributed by atoms with van der Waals surface area (Å²) in [4.78, 5) is 14.7. The molecule has 0 bridgehead atoms. The topological polar surface area (TPSA) is 54.2 Å². The predicted octanol–water partition coefficient (Wildman–Crippen LogP) is 6.05. The normalized spacial score (nSPS) is 11.5. The highest BCUT2D eigenvalue weighted by molar-refractivity contribution is 5.88. The van der Waals surface area contributed by atoms with E-state index in [1.807, 2.05) is 59.0 Å². The molecule has 31 heavy (non-hydrogen) atoms. The molecular weight excluding hydrogens is 391 g/mol. The van der Waals surface area contributed by atoms with Gasteiger partial charge in [0, 0.05) is 17.2 Å². The van der Waals surface area contributed by atoms with Gasteiger partial charge in [0.25, 0.3) is 0 Å². The lowest BCUT2D eigenvalue weighted by Crippen LogP contribution is -2.18. The third kappa shape index (κ3) is 2.51. The van der Waals surface area contributed by atoms with E-state index in [1.165, 1.54) is 6.07 Å². The first-order chi connectivity index (χ1) is 15.3. The van der Waals surface area contributed by atoms with Crippen molar-refractivity contribution in [3.63, 3.8) is 0 Å². The Morgan fingerprint density at radius 2 is 1.55 bits per heavy atom. The number of halogens is 1. The average molecular weight is 407 g/mol. The first-order valence-corrected chi connectivity index (χ1v) is 9.91. The molecule has 0 atom stereocenters. The highest BCUT2D eigenvalue weighted by atomic mass is 19.1. The van der Waals surface area contributed by atoms with Gasteiger partial charge in [-0.05, 0) is 41.6 Å². The van der Waals surface area contributed by atoms with Gasteiger partial charge in [-0.2, -0.15) is 8.97 Å². The van der Waals surface area contributed by atoms with Gasteiger partial charge >= 0.3 is 5.78 Å². The lowest BCUT2D eigenvalue weighted by atomic mass is 10.0. The van der Waals surface area contributed by atoms with E-state index < -0.39 is 5.82 Å². The van der Waals surface area contributed by atoms with Gasteiger partial charge in [-0.3, -0.25) is 0 Å². The number of hydrogen-bond donors (Lipinski definition) is 1. The molecule has 148 valence electrons. The molecular formula is C25H16FN4O+. The van der Waals surface area contributed by atoms with Crippen LogP contribution < -0.4 is 4.40 Å². The fraction of sp³-hybridized carbons (Fsp3) is 0. The molecule has 6 rings (SSSR count). The van der Waals surface area contributed by atoms with Gasteiger partial charge in [0.2, 0.25) is 0 Å². The number of fused-ring (bicyclic) bond motifs is 5. The van der Waals surface area contributed by atoms with Gasteiger partial charge in [0.15, 0.2) is 0 Å². The summed E-state index contributed by atoms with van der Waals surface area (Å²) in [7, 11) is 0. The van der Waals surface area contributed by atoms with Crippen LogP contribution in [0.2, 0.25) is 0 Å². The number of nitrogens with zero attached hydrogens (tertiary/aromatic N) is 3. The third-order valence-corrected chi connectivity index (χ3v) is 5.67. The number of benzene rings is 4. The molecule has 0 unspecified atom stereocenters. The van der Waals surface area contributed by atoms with Gasteiger partial charge in [0.1, 0.15) is 39.3 Å². The molecule has 0 saturated carbocycles. The van der Waals surface area contributed by atoms with Crippen LogP contribution in [0.25, 0.3) is 44.7 Å². The van der Waals surface area contributed by atoms with E-state index in [9.17, 15) is 4.91 Å². The van der Waals surface area contributed by atoms with Gasteiger partial charge in [0.05, 0.1) is 0 Å². The van der Waals surface area contributed by atoms with Crippen LogP contribution >= 0.6 is 0 Å². The molecule has 0 fully saturated rings. The lowest BCUT2D eigenvalue weighted by molar-refractivity contribution is -0.449. The molecule has 6 heteroatoms. The van der Waals surface area contributed by atoms with Crippen molar-refractivity contribution < 1.29 is 8.79 Å². The number of hydrogen-bond acceptors (Lipinski definition) is 2. The van der Waals surface area contributed by atoms with E-state index >= 15 is 4.39 Å². The number of rotatable bonds is 3. The Morgan fingerprint density at radius 1 is 0.806 bits per heavy atom. The van der Waals surface area contributed by atoms with Gasteiger partial charge < -0.3 is 0 Å². The Morgan fingerprint density at radius 3 is 2.39 bits per heavy atom. The molecule has 0 amide bonds. The highest BCUT2D eigenvalue weighted by Gasteiger charge is 2.25. The van der Waals surface area contributed by atoms with Crippen LogP contribution in [0.5, 0.6) is 0 Å². The van der Waals surface area contributed by atoms with Crippen LogP contribution in [0.4, 0.5) is 10.1 Å². The second-order valence-corrected chi connectivity index (χ2v) is 7.40. The second-order valence-electron chi connectivity index (χ2n) is 7.40. The molecule has 0 aliphatic carbocycles. The largest absolute Gasteiger partial charge is 0.373 e. The SMILES string of the molecule is O=Nc1ccccc1-c1cc2[nH]c3n(-c4ccccc4)c4ccccc4[n+]3c2cc1F. The molecule has 0 saturated heterocycles. The summed E-state index contributed by atoms with van der Waals surface area (Å²) in [5.74, 6) is 0.411. The van der Waals surface area contributed by atoms with Crippen molar-refractivity contribution in [1.82, 2.24) is 9.55 Å². The van der Waals surface area contributed by atoms with Crippen molar-refractivity contribution in [2.24, 2.45) is 5.18 Å². The standard InChI is InChI=1S/C25H15FN4O/c26-19-15-24-21(14-18(19)17-10-4-5-11-20(17)28-31)27-25-29(16-8-2-1-3-9-16)22-12-6-7-13-23(22)30(24)25/h1-15H/p+1. The van der Waals surface area contributed by atoms with Crippen molar-refractivity contribution in [3.8, 4) is 16.8 Å². The first-order valence-electron chi connectivity index (χ1n) is 9.91. The van der Waals surface area contributed by atoms with E-state index in [4.69, 9.17) is 0 Å². The summed E-state index contributed by atoms with van der Waals surface area (Å²) in [6.07, 6.45) is 0. The van der Waals surface area contributed by atoms with Crippen molar-refractivity contribution in [3.05, 3.63) is 102 Å². The molecule has 0 spiro atoms. The van der Waals surface area contributed by atoms with E-state index in [0.717, 1.165) is 33.5 Å². The van der Waals surface area contributed by atoms with Crippen molar-refractivity contribution in [1.29, 1.82) is 0 Å². The predicted molar refractivity (Wildman–Crippen MR) is 119 cm³/mol. The second kappa shape index (κ2) is 6.60. The smallest absolute Gasteiger partial charge is 0.240 e. The number of nitrogens with one attached hydrogen (secondary N) is 1. The number of aromatic nitrogens is 3. The minimum Gasteiger partial charge on any atom is -0.240 e. The summed E-state index contributed by atoms with van der Waals surface area (Å²) in [5.41, 5.74) is 5.49. The van der Waals surface area contributed by atoms with Crippen LogP contribution in [0.15, 0.2) is 96.2 Å². The van der Waals surface area contributed by atoms with E-state index in [0.29, 0.717) is 11.1 Å². The van der Waals surface area contributed by atoms with Gasteiger partial charge in [-0.15, -0.1) is 4.91 Å². The average Bonchev–Trinajstić information content (AvgIpc) is 3.33. The number of imidazole rings is 2. The summed E-state index contributed by atoms with van der Waals surface area (Å²) in [6, 6.07) is 28.1. The van der Waals surface area contributed by atoms with Crippen LogP contribution in [-0.4, -0.2) is 9.55 Å². The summed E-state index contributed by atoms with van der Waals surface area (Å²) in [6.45, 7) is 0. The summed E-state index contributed by atoms with van der Waals surface area (Å²) < 4.78 is 19.4. The maximum atomic E-state index is 15.3. The molecule has 0 aliphatic heterocycles. The molecule has 5 nitrogen and oxygen atoms in total. The van der Waals surface area contributed by atoms with Crippen LogP contribution in [0.3, 0.4) is 0 Å². The highest BCUT2D eigenvalue weighted by Crippen LogP contribution is 2.34. The molecule has 1 N–H and O–H groups in total. The number of H-pyrrole nitrogens is 1. The van der Waals surface area contributed by atoms with E-state index in [2.05, 4.69) is 14.7 Å². The van der Waals surface area contributed by atoms with Crippen molar-refractivity contribution in [2.45, 2.75) is 0 Å². The zero-order valence-corrected chi connectivity index (χ0v) is 16.3. The first kappa shape index (κ1) is 17.5. The fourth-order valence-corrected chi connectivity index (χ4v) is 4.32. The monoisotopic (exact) mass is 407 g/mol. The molecule has 4 aromatic carbocycles. The Bertz CT molecular complexity index is 1620. The Kier molecular flexibility index (Phi) is 3.73. The van der Waals surface area contributed by atoms with E-state index in [-0.39, 0.29) is 5.69 Å². The molecule has 2 heterocycles. The lowest BCUT2D eigenvalue weighted by Gasteiger charge is -2.05. The van der Waals surface area contributed by atoms with Crippen LogP contribution in [0.1, 0.15) is 0 Å². The zero-order chi connectivity index (χ0) is 20.9. The Hall–Kier alpha value is -4.32. The molecule has 0 aliphatic rings. The van der Waals surface area contributed by atoms with Crippen molar-refractivity contribution >= 4 is 33.5 Å². The van der Waals surface area contributed by atoms with Crippen LogP contribution in [-0.2, 0) is 0 Å². The quantitative estimate of drug-likeness (QED) is 0.282. The van der Waals surface area contributed by atoms with Gasteiger partial charge in [-0.25, -0.2) is 9.37 Å². The van der Waals surface area contributed by atoms with Crippen LogP contribution in [0, 0.1) is 10.7 Å². The van der Waals surface area contributed by atoms with Crippen molar-refractivity contribution in [2.75, 3.05) is 0 Å². The molecule has 0 radical (unpaired) electrons. The number of nitroso groups, excluding NO2 is 1. The Balaban J connectivity index is 1.72. The summed E-state index contributed by atoms with van der Waals surface area (Å²) >= 11 is 0. The Labute approximate surface area is 176 Å². The third-order valence-electron chi connectivity index (χ3n) is 5.67. The minimum absolute atomic E-state index is 0.212. The number of aromatic amines is 1.